The molecule has 2 atom stereocenters. The second-order valence-corrected chi connectivity index (χ2v) is 12.2. The molecule has 0 unspecified atom stereocenters. The van der Waals surface area contributed by atoms with E-state index in [-0.39, 0.29) is 30.6 Å². The van der Waals surface area contributed by atoms with Gasteiger partial charge < -0.3 is 24.6 Å². The first-order chi connectivity index (χ1) is 19.6. The molecule has 5 rings (SSSR count). The molecule has 2 aliphatic rings. The summed E-state index contributed by atoms with van der Waals surface area (Å²) in [5, 5.41) is 14.0. The number of amides is 2. The minimum atomic E-state index is -1.02. The molecule has 1 fully saturated rings. The molecule has 1 aromatic heterocycles. The lowest BCUT2D eigenvalue weighted by Crippen LogP contribution is -2.58. The van der Waals surface area contributed by atoms with E-state index in [9.17, 15) is 19.5 Å². The molecule has 216 valence electrons. The van der Waals surface area contributed by atoms with Gasteiger partial charge in [-0.1, -0.05) is 48.5 Å². The van der Waals surface area contributed by atoms with Crippen LogP contribution in [0.4, 0.5) is 9.59 Å². The van der Waals surface area contributed by atoms with Crippen LogP contribution in [-0.4, -0.2) is 65.7 Å². The van der Waals surface area contributed by atoms with Gasteiger partial charge in [-0.15, -0.1) is 11.3 Å². The predicted octanol–water partition coefficient (Wildman–Crippen LogP) is 5.88. The minimum Gasteiger partial charge on any atom is -0.477 e. The molecule has 2 aromatic carbocycles. The van der Waals surface area contributed by atoms with E-state index in [0.29, 0.717) is 18.6 Å². The van der Waals surface area contributed by atoms with Gasteiger partial charge in [-0.05, 0) is 66.5 Å². The summed E-state index contributed by atoms with van der Waals surface area (Å²) < 4.78 is 17.1. The normalized spacial score (nSPS) is 18.2. The third-order valence-corrected chi connectivity index (χ3v) is 8.18. The van der Waals surface area contributed by atoms with E-state index >= 15 is 0 Å². The molecular formula is C31H34N2O7S. The molecule has 0 saturated carbocycles. The number of carbonyl (C=O) groups excluding carboxylic acids is 2. The van der Waals surface area contributed by atoms with Crippen LogP contribution in [0.5, 0.6) is 0 Å². The molecule has 0 spiro atoms. The number of carboxylic acid groups (broad SMARTS) is 1. The molecule has 3 aromatic rings. The van der Waals surface area contributed by atoms with Crippen LogP contribution in [0.15, 0.2) is 60.0 Å². The fraction of sp³-hybridized carbons (Fsp3) is 0.387. The van der Waals surface area contributed by atoms with E-state index in [0.717, 1.165) is 33.6 Å². The topological polar surface area (TPSA) is 114 Å². The largest absolute Gasteiger partial charge is 0.477 e. The van der Waals surface area contributed by atoms with Gasteiger partial charge in [-0.2, -0.15) is 0 Å². The lowest BCUT2D eigenvalue weighted by Gasteiger charge is -2.39. The summed E-state index contributed by atoms with van der Waals surface area (Å²) in [5.74, 6) is -1.14. The molecule has 9 nitrogen and oxygen atoms in total. The number of hydrogen-bond acceptors (Lipinski definition) is 7. The van der Waals surface area contributed by atoms with Crippen LogP contribution in [0.3, 0.4) is 0 Å². The van der Waals surface area contributed by atoms with Crippen molar-refractivity contribution in [3.63, 3.8) is 0 Å². The SMILES string of the molecule is CC(C)(C)OC(=O)N[C@@H]1COCC[C@@H]1N(Cc1csc(C(=O)O)c1)C(=O)OCC1c2ccccc2-c2ccccc21. The highest BCUT2D eigenvalue weighted by Gasteiger charge is 2.37. The fourth-order valence-electron chi connectivity index (χ4n) is 5.46. The van der Waals surface area contributed by atoms with Crippen molar-refractivity contribution in [2.75, 3.05) is 19.8 Å². The predicted molar refractivity (Wildman–Crippen MR) is 154 cm³/mol. The molecule has 41 heavy (non-hydrogen) atoms. The third-order valence-electron chi connectivity index (χ3n) is 7.21. The van der Waals surface area contributed by atoms with E-state index in [4.69, 9.17) is 14.2 Å². The summed E-state index contributed by atoms with van der Waals surface area (Å²) in [5.41, 5.74) is 4.45. The summed E-state index contributed by atoms with van der Waals surface area (Å²) in [6.45, 7) is 6.19. The molecule has 1 saturated heterocycles. The van der Waals surface area contributed by atoms with Gasteiger partial charge in [0.25, 0.3) is 0 Å². The first kappa shape index (κ1) is 28.6. The number of alkyl carbamates (subject to hydrolysis) is 1. The number of rotatable bonds is 7. The van der Waals surface area contributed by atoms with Crippen LogP contribution in [0.2, 0.25) is 0 Å². The van der Waals surface area contributed by atoms with Crippen LogP contribution < -0.4 is 5.32 Å². The van der Waals surface area contributed by atoms with Crippen molar-refractivity contribution in [1.82, 2.24) is 10.2 Å². The van der Waals surface area contributed by atoms with Gasteiger partial charge in [0.2, 0.25) is 0 Å². The van der Waals surface area contributed by atoms with E-state index in [1.54, 1.807) is 37.1 Å². The molecule has 10 heteroatoms. The Morgan fingerprint density at radius 3 is 2.34 bits per heavy atom. The quantitative estimate of drug-likeness (QED) is 0.360. The molecule has 1 aliphatic carbocycles. The Hall–Kier alpha value is -3.89. The molecular weight excluding hydrogens is 544 g/mol. The van der Waals surface area contributed by atoms with Crippen molar-refractivity contribution in [2.24, 2.45) is 0 Å². The van der Waals surface area contributed by atoms with Gasteiger partial charge in [-0.25, -0.2) is 14.4 Å². The summed E-state index contributed by atoms with van der Waals surface area (Å²) >= 11 is 1.10. The van der Waals surface area contributed by atoms with Crippen LogP contribution in [0.1, 0.15) is 59.5 Å². The van der Waals surface area contributed by atoms with Crippen molar-refractivity contribution < 1.29 is 33.7 Å². The van der Waals surface area contributed by atoms with Gasteiger partial charge >= 0.3 is 18.2 Å². The number of nitrogens with one attached hydrogen (secondary N) is 1. The zero-order valence-electron chi connectivity index (χ0n) is 23.3. The maximum Gasteiger partial charge on any atom is 0.410 e. The number of ether oxygens (including phenoxy) is 3. The molecule has 0 bridgehead atoms. The Morgan fingerprint density at radius 1 is 1.07 bits per heavy atom. The van der Waals surface area contributed by atoms with Crippen LogP contribution >= 0.6 is 11.3 Å². The van der Waals surface area contributed by atoms with Crippen molar-refractivity contribution in [3.8, 4) is 11.1 Å². The Labute approximate surface area is 243 Å². The van der Waals surface area contributed by atoms with E-state index in [2.05, 4.69) is 29.6 Å². The monoisotopic (exact) mass is 578 g/mol. The highest BCUT2D eigenvalue weighted by atomic mass is 32.1. The summed E-state index contributed by atoms with van der Waals surface area (Å²) in [7, 11) is 0. The van der Waals surface area contributed by atoms with Gasteiger partial charge in [0.15, 0.2) is 0 Å². The standard InChI is InChI=1S/C31H34N2O7S/c1-31(2,3)40-29(36)32-25-17-38-13-12-26(25)33(15-19-14-27(28(34)35)41-18-19)30(37)39-16-24-22-10-6-4-8-20(22)21-9-5-7-11-23(21)24/h4-11,14,18,24-26H,12-13,15-17H2,1-3H3,(H,32,36)(H,34,35)/t25-,26+/m1/s1. The minimum absolute atomic E-state index is 0.113. The Kier molecular flexibility index (Phi) is 8.32. The van der Waals surface area contributed by atoms with E-state index in [1.165, 1.54) is 0 Å². The maximum atomic E-state index is 13.8. The van der Waals surface area contributed by atoms with E-state index in [1.807, 2.05) is 24.3 Å². The van der Waals surface area contributed by atoms with Crippen molar-refractivity contribution in [3.05, 3.63) is 81.5 Å². The summed E-state index contributed by atoms with van der Waals surface area (Å²) in [4.78, 5) is 39.7. The zero-order chi connectivity index (χ0) is 29.1. The molecule has 2 heterocycles. The average molecular weight is 579 g/mol. The summed E-state index contributed by atoms with van der Waals surface area (Å²) in [6, 6.07) is 16.8. The zero-order valence-corrected chi connectivity index (χ0v) is 24.1. The first-order valence-electron chi connectivity index (χ1n) is 13.6. The second-order valence-electron chi connectivity index (χ2n) is 11.2. The lowest BCUT2D eigenvalue weighted by molar-refractivity contribution is -0.00704. The number of benzene rings is 2. The van der Waals surface area contributed by atoms with Gasteiger partial charge in [-0.3, -0.25) is 4.90 Å². The maximum absolute atomic E-state index is 13.8. The van der Waals surface area contributed by atoms with Crippen LogP contribution in [0.25, 0.3) is 11.1 Å². The number of carbonyl (C=O) groups is 3. The second kappa shape index (κ2) is 11.9. The number of thiophene rings is 1. The lowest BCUT2D eigenvalue weighted by atomic mass is 9.98. The first-order valence-corrected chi connectivity index (χ1v) is 14.5. The van der Waals surface area contributed by atoms with Crippen molar-refractivity contribution in [1.29, 1.82) is 0 Å². The van der Waals surface area contributed by atoms with Gasteiger partial charge in [0, 0.05) is 12.5 Å². The van der Waals surface area contributed by atoms with Crippen LogP contribution in [-0.2, 0) is 20.8 Å². The Bertz CT molecular complexity index is 1380. The number of aromatic carboxylic acids is 1. The third kappa shape index (κ3) is 6.55. The highest BCUT2D eigenvalue weighted by Crippen LogP contribution is 2.44. The molecule has 2 amide bonds. The number of fused-ring (bicyclic) bond motifs is 3. The van der Waals surface area contributed by atoms with Gasteiger partial charge in [0.1, 0.15) is 17.1 Å². The summed E-state index contributed by atoms with van der Waals surface area (Å²) in [6.07, 6.45) is -0.687. The highest BCUT2D eigenvalue weighted by molar-refractivity contribution is 7.12. The Morgan fingerprint density at radius 2 is 1.73 bits per heavy atom. The van der Waals surface area contributed by atoms with Crippen molar-refractivity contribution >= 4 is 29.5 Å². The number of hydrogen-bond donors (Lipinski definition) is 2. The van der Waals surface area contributed by atoms with Gasteiger partial charge in [0.05, 0.1) is 25.2 Å². The molecule has 0 radical (unpaired) electrons. The number of nitrogens with zero attached hydrogens (tertiary/aromatic N) is 1. The van der Waals surface area contributed by atoms with Crippen LogP contribution in [0, 0.1) is 0 Å². The average Bonchev–Trinajstić information content (AvgIpc) is 3.53. The number of carboxylic acids is 1. The van der Waals surface area contributed by atoms with Crippen molar-refractivity contribution in [2.45, 2.75) is 57.3 Å². The molecule has 1 aliphatic heterocycles. The molecule has 2 N–H and O–H groups in total. The smallest absolute Gasteiger partial charge is 0.410 e. The Balaban J connectivity index is 1.38. The fourth-order valence-corrected chi connectivity index (χ4v) is 6.20. The van der Waals surface area contributed by atoms with E-state index < -0.39 is 35.8 Å².